The lowest BCUT2D eigenvalue weighted by atomic mass is 9.86. The molecule has 0 amide bonds. The molecule has 4 nitrogen and oxygen atoms in total. The number of carboxylic acid groups (broad SMARTS) is 1. The fourth-order valence-corrected chi connectivity index (χ4v) is 4.56. The first-order valence-corrected chi connectivity index (χ1v) is 8.35. The van der Waals surface area contributed by atoms with Crippen LogP contribution in [0.4, 0.5) is 4.39 Å². The van der Waals surface area contributed by atoms with Gasteiger partial charge >= 0.3 is 5.97 Å². The minimum Gasteiger partial charge on any atom is -0.481 e. The Morgan fingerprint density at radius 1 is 1.50 bits per heavy atom. The highest BCUT2D eigenvalue weighted by atomic mass is 35.5. The molecule has 0 radical (unpaired) electrons. The lowest BCUT2D eigenvalue weighted by Gasteiger charge is -2.18. The Balaban J connectivity index is 2.20. The van der Waals surface area contributed by atoms with Gasteiger partial charge in [-0.2, -0.15) is 0 Å². The highest BCUT2D eigenvalue weighted by Gasteiger charge is 2.37. The highest BCUT2D eigenvalue weighted by Crippen LogP contribution is 2.30. The first kappa shape index (κ1) is 15.3. The van der Waals surface area contributed by atoms with E-state index in [0.29, 0.717) is 6.42 Å². The van der Waals surface area contributed by atoms with Gasteiger partial charge in [-0.3, -0.25) is 4.79 Å². The van der Waals surface area contributed by atoms with Crippen LogP contribution < -0.4 is 0 Å². The average molecular weight is 321 g/mol. The van der Waals surface area contributed by atoms with Gasteiger partial charge in [0.15, 0.2) is 9.84 Å². The maximum absolute atomic E-state index is 13.7. The molecular weight excluding hydrogens is 307 g/mol. The molecule has 1 saturated heterocycles. The first-order chi connectivity index (χ1) is 9.28. The number of benzene rings is 1. The molecule has 0 aliphatic carbocycles. The normalized spacial score (nSPS) is 22.6. The number of hydrogen-bond donors (Lipinski definition) is 1. The quantitative estimate of drug-likeness (QED) is 0.922. The molecule has 2 unspecified atom stereocenters. The van der Waals surface area contributed by atoms with E-state index in [1.807, 2.05) is 0 Å². The maximum atomic E-state index is 13.7. The van der Waals surface area contributed by atoms with Crippen molar-refractivity contribution >= 4 is 27.4 Å². The number of aliphatic carboxylic acids is 1. The molecule has 7 heteroatoms. The van der Waals surface area contributed by atoms with E-state index in [-0.39, 0.29) is 28.5 Å². The van der Waals surface area contributed by atoms with Crippen LogP contribution in [-0.2, 0) is 21.1 Å². The second-order valence-corrected chi connectivity index (χ2v) is 7.71. The molecule has 0 aromatic heterocycles. The van der Waals surface area contributed by atoms with Gasteiger partial charge < -0.3 is 5.11 Å². The molecule has 2 atom stereocenters. The lowest BCUT2D eigenvalue weighted by molar-refractivity contribution is -0.143. The van der Waals surface area contributed by atoms with Crippen molar-refractivity contribution in [2.45, 2.75) is 12.8 Å². The van der Waals surface area contributed by atoms with E-state index in [1.54, 1.807) is 0 Å². The second-order valence-electron chi connectivity index (χ2n) is 5.05. The summed E-state index contributed by atoms with van der Waals surface area (Å²) in [7, 11) is -3.16. The third kappa shape index (κ3) is 3.49. The molecule has 1 heterocycles. The van der Waals surface area contributed by atoms with Gasteiger partial charge in [0.25, 0.3) is 0 Å². The molecular formula is C13H14ClFO4S. The summed E-state index contributed by atoms with van der Waals surface area (Å²) < 4.78 is 36.6. The Labute approximate surface area is 121 Å². The topological polar surface area (TPSA) is 71.4 Å². The summed E-state index contributed by atoms with van der Waals surface area (Å²) >= 11 is 5.64. The molecule has 1 aliphatic heterocycles. The van der Waals surface area contributed by atoms with Gasteiger partial charge in [0.2, 0.25) is 0 Å². The Morgan fingerprint density at radius 3 is 2.70 bits per heavy atom. The van der Waals surface area contributed by atoms with E-state index in [1.165, 1.54) is 12.1 Å². The second kappa shape index (κ2) is 5.69. The van der Waals surface area contributed by atoms with Gasteiger partial charge in [-0.1, -0.05) is 17.7 Å². The Morgan fingerprint density at radius 2 is 2.20 bits per heavy atom. The van der Waals surface area contributed by atoms with Crippen molar-refractivity contribution in [2.24, 2.45) is 11.8 Å². The van der Waals surface area contributed by atoms with E-state index in [9.17, 15) is 22.7 Å². The molecule has 0 bridgehead atoms. The van der Waals surface area contributed by atoms with Crippen molar-refractivity contribution in [2.75, 3.05) is 11.5 Å². The summed E-state index contributed by atoms with van der Waals surface area (Å²) in [5, 5.41) is 9.50. The zero-order valence-corrected chi connectivity index (χ0v) is 12.1. The molecule has 1 aliphatic rings. The molecule has 1 aromatic rings. The van der Waals surface area contributed by atoms with E-state index >= 15 is 0 Å². The number of sulfone groups is 1. The fraction of sp³-hybridized carbons (Fsp3) is 0.462. The first-order valence-electron chi connectivity index (χ1n) is 6.15. The van der Waals surface area contributed by atoms with Gasteiger partial charge in [-0.25, -0.2) is 12.8 Å². The van der Waals surface area contributed by atoms with Gasteiger partial charge in [-0.05, 0) is 36.5 Å². The summed E-state index contributed by atoms with van der Waals surface area (Å²) in [4.78, 5) is 11.3. The van der Waals surface area contributed by atoms with Crippen LogP contribution in [-0.4, -0.2) is 31.0 Å². The van der Waals surface area contributed by atoms with Gasteiger partial charge in [0.1, 0.15) is 5.82 Å². The van der Waals surface area contributed by atoms with Crippen molar-refractivity contribution in [3.8, 4) is 0 Å². The number of carbonyl (C=O) groups is 1. The number of rotatable bonds is 4. The molecule has 110 valence electrons. The van der Waals surface area contributed by atoms with Crippen LogP contribution in [0.1, 0.15) is 12.0 Å². The number of hydrogen-bond acceptors (Lipinski definition) is 3. The molecule has 2 rings (SSSR count). The predicted molar refractivity (Wildman–Crippen MR) is 73.0 cm³/mol. The zero-order chi connectivity index (χ0) is 14.9. The van der Waals surface area contributed by atoms with Crippen molar-refractivity contribution in [3.05, 3.63) is 34.6 Å². The van der Waals surface area contributed by atoms with Crippen molar-refractivity contribution in [1.29, 1.82) is 0 Å². The third-order valence-electron chi connectivity index (χ3n) is 3.61. The molecule has 1 N–H and O–H groups in total. The standard InChI is InChI=1S/C13H14ClFO4S/c14-10-2-1-8(12(15)6-10)5-11(13(16)17)9-3-4-20(18,19)7-9/h1-2,6,9,11H,3-5,7H2,(H,16,17). The van der Waals surface area contributed by atoms with Crippen LogP contribution in [0.3, 0.4) is 0 Å². The van der Waals surface area contributed by atoms with E-state index in [0.717, 1.165) is 6.07 Å². The maximum Gasteiger partial charge on any atom is 0.307 e. The average Bonchev–Trinajstić information content (AvgIpc) is 2.68. The van der Waals surface area contributed by atoms with Crippen LogP contribution in [0.15, 0.2) is 18.2 Å². The number of carboxylic acids is 1. The Hall–Kier alpha value is -1.14. The van der Waals surface area contributed by atoms with Crippen LogP contribution in [0.25, 0.3) is 0 Å². The monoisotopic (exact) mass is 320 g/mol. The lowest BCUT2D eigenvalue weighted by Crippen LogP contribution is -2.27. The van der Waals surface area contributed by atoms with Crippen LogP contribution in [0, 0.1) is 17.7 Å². The van der Waals surface area contributed by atoms with Crippen molar-refractivity contribution < 1.29 is 22.7 Å². The summed E-state index contributed by atoms with van der Waals surface area (Å²) in [6, 6.07) is 4.06. The Bertz CT molecular complexity index is 629. The van der Waals surface area contributed by atoms with Crippen LogP contribution in [0.2, 0.25) is 5.02 Å². The molecule has 0 spiro atoms. The third-order valence-corrected chi connectivity index (χ3v) is 5.64. The molecule has 20 heavy (non-hydrogen) atoms. The summed E-state index contributed by atoms with van der Waals surface area (Å²) in [6.07, 6.45) is 0.285. The minimum absolute atomic E-state index is 0.00451. The van der Waals surface area contributed by atoms with Crippen LogP contribution in [0.5, 0.6) is 0 Å². The Kier molecular flexibility index (Phi) is 4.34. The largest absolute Gasteiger partial charge is 0.481 e. The molecule has 1 fully saturated rings. The SMILES string of the molecule is O=C(O)C(Cc1ccc(Cl)cc1F)C1CCS(=O)(=O)C1. The minimum atomic E-state index is -3.16. The summed E-state index contributed by atoms with van der Waals surface area (Å²) in [5.74, 6) is -3.16. The van der Waals surface area contributed by atoms with Crippen molar-refractivity contribution in [1.82, 2.24) is 0 Å². The summed E-state index contributed by atoms with van der Waals surface area (Å²) in [6.45, 7) is 0. The molecule has 0 saturated carbocycles. The fourth-order valence-electron chi connectivity index (χ4n) is 2.52. The summed E-state index contributed by atoms with van der Waals surface area (Å²) in [5.41, 5.74) is 0.242. The number of halogens is 2. The molecule has 1 aromatic carbocycles. The van der Waals surface area contributed by atoms with Gasteiger partial charge in [0, 0.05) is 5.02 Å². The zero-order valence-electron chi connectivity index (χ0n) is 10.6. The van der Waals surface area contributed by atoms with Crippen LogP contribution >= 0.6 is 11.6 Å². The van der Waals surface area contributed by atoms with Gasteiger partial charge in [0.05, 0.1) is 17.4 Å². The van der Waals surface area contributed by atoms with E-state index in [2.05, 4.69) is 0 Å². The highest BCUT2D eigenvalue weighted by molar-refractivity contribution is 7.91. The van der Waals surface area contributed by atoms with E-state index in [4.69, 9.17) is 11.6 Å². The van der Waals surface area contributed by atoms with Crippen molar-refractivity contribution in [3.63, 3.8) is 0 Å². The van der Waals surface area contributed by atoms with E-state index < -0.39 is 33.5 Å². The van der Waals surface area contributed by atoms with Gasteiger partial charge in [-0.15, -0.1) is 0 Å². The smallest absolute Gasteiger partial charge is 0.307 e. The predicted octanol–water partition coefficient (Wildman–Crippen LogP) is 2.16.